The van der Waals surface area contributed by atoms with Crippen molar-refractivity contribution in [2.75, 3.05) is 11.9 Å². The van der Waals surface area contributed by atoms with E-state index in [-0.39, 0.29) is 12.4 Å². The summed E-state index contributed by atoms with van der Waals surface area (Å²) in [4.78, 5) is 0. The maximum Gasteiger partial charge on any atom is 0.315 e. The van der Waals surface area contributed by atoms with Gasteiger partial charge in [0.1, 0.15) is 0 Å². The van der Waals surface area contributed by atoms with Gasteiger partial charge < -0.3 is 15.5 Å². The lowest BCUT2D eigenvalue weighted by molar-refractivity contribution is 0.434. The summed E-state index contributed by atoms with van der Waals surface area (Å²) in [5, 5.41) is 10.9. The van der Waals surface area contributed by atoms with E-state index in [1.54, 1.807) is 0 Å². The van der Waals surface area contributed by atoms with Crippen LogP contribution in [0.25, 0.3) is 0 Å². The first-order valence-electron chi connectivity index (χ1n) is 6.65. The van der Waals surface area contributed by atoms with Crippen LogP contribution in [0.3, 0.4) is 0 Å². The molecule has 104 valence electrons. The van der Waals surface area contributed by atoms with Crippen molar-refractivity contribution in [3.8, 4) is 0 Å². The predicted molar refractivity (Wildman–Crippen MR) is 73.7 cm³/mol. The highest BCUT2D eigenvalue weighted by atomic mass is 35.5. The minimum Gasteiger partial charge on any atom is -0.407 e. The molecule has 1 fully saturated rings. The highest BCUT2D eigenvalue weighted by Gasteiger charge is 2.12. The molecule has 6 heteroatoms. The third-order valence-electron chi connectivity index (χ3n) is 3.45. The molecule has 0 aliphatic heterocycles. The molecule has 0 bridgehead atoms. The molecule has 3 N–H and O–H groups in total. The van der Waals surface area contributed by atoms with Crippen molar-refractivity contribution in [1.29, 1.82) is 0 Å². The van der Waals surface area contributed by atoms with Crippen LogP contribution in [0.15, 0.2) is 4.42 Å². The zero-order valence-corrected chi connectivity index (χ0v) is 11.5. The lowest BCUT2D eigenvalue weighted by Crippen LogP contribution is -2.08. The van der Waals surface area contributed by atoms with Crippen molar-refractivity contribution in [2.24, 2.45) is 11.7 Å². The largest absolute Gasteiger partial charge is 0.407 e. The van der Waals surface area contributed by atoms with E-state index in [2.05, 4.69) is 15.5 Å². The van der Waals surface area contributed by atoms with Gasteiger partial charge in [-0.05, 0) is 12.3 Å². The Bertz CT molecular complexity index is 324. The summed E-state index contributed by atoms with van der Waals surface area (Å²) in [6, 6.07) is 0.499. The van der Waals surface area contributed by atoms with Gasteiger partial charge in [0.15, 0.2) is 0 Å². The number of halogens is 1. The summed E-state index contributed by atoms with van der Waals surface area (Å²) in [5.41, 5.74) is 5.40. The molecule has 5 nitrogen and oxygen atoms in total. The van der Waals surface area contributed by atoms with Crippen LogP contribution in [0.4, 0.5) is 6.01 Å². The van der Waals surface area contributed by atoms with E-state index in [0.29, 0.717) is 18.5 Å². The van der Waals surface area contributed by atoms with Crippen molar-refractivity contribution < 1.29 is 4.42 Å². The number of hydrogen-bond acceptors (Lipinski definition) is 5. The Morgan fingerprint density at radius 3 is 2.50 bits per heavy atom. The normalized spacial score (nSPS) is 16.9. The van der Waals surface area contributed by atoms with E-state index in [1.165, 1.54) is 44.9 Å². The molecule has 0 radical (unpaired) electrons. The SMILES string of the molecule is Cl.NCc1nnc(NCCC2CCCCCC2)o1. The Labute approximate surface area is 114 Å². The molecule has 1 aliphatic carbocycles. The van der Waals surface area contributed by atoms with Gasteiger partial charge in [-0.2, -0.15) is 0 Å². The van der Waals surface area contributed by atoms with Gasteiger partial charge in [0, 0.05) is 6.54 Å². The highest BCUT2D eigenvalue weighted by Crippen LogP contribution is 2.25. The number of aromatic nitrogens is 2. The summed E-state index contributed by atoms with van der Waals surface area (Å²) in [7, 11) is 0. The zero-order chi connectivity index (χ0) is 11.9. The van der Waals surface area contributed by atoms with E-state index in [0.717, 1.165) is 12.5 Å². The Morgan fingerprint density at radius 1 is 1.17 bits per heavy atom. The Morgan fingerprint density at radius 2 is 1.89 bits per heavy atom. The quantitative estimate of drug-likeness (QED) is 0.808. The molecule has 0 aromatic carbocycles. The molecular formula is C12H23ClN4O. The van der Waals surface area contributed by atoms with E-state index < -0.39 is 0 Å². The molecule has 1 saturated carbocycles. The summed E-state index contributed by atoms with van der Waals surface area (Å²) in [6.45, 7) is 1.22. The Balaban J connectivity index is 0.00000162. The monoisotopic (exact) mass is 274 g/mol. The average molecular weight is 275 g/mol. The number of nitrogens with one attached hydrogen (secondary N) is 1. The lowest BCUT2D eigenvalue weighted by Gasteiger charge is -2.13. The van der Waals surface area contributed by atoms with Crippen LogP contribution in [-0.2, 0) is 6.54 Å². The van der Waals surface area contributed by atoms with Crippen molar-refractivity contribution in [3.63, 3.8) is 0 Å². The third kappa shape index (κ3) is 4.82. The van der Waals surface area contributed by atoms with Crippen molar-refractivity contribution in [2.45, 2.75) is 51.5 Å². The first-order valence-corrected chi connectivity index (χ1v) is 6.65. The topological polar surface area (TPSA) is 77.0 Å². The van der Waals surface area contributed by atoms with Crippen molar-refractivity contribution in [3.05, 3.63) is 5.89 Å². The fraction of sp³-hybridized carbons (Fsp3) is 0.833. The molecule has 0 amide bonds. The van der Waals surface area contributed by atoms with Crippen LogP contribution < -0.4 is 11.1 Å². The maximum absolute atomic E-state index is 5.40. The molecule has 1 aliphatic rings. The maximum atomic E-state index is 5.40. The molecule has 0 spiro atoms. The van der Waals surface area contributed by atoms with Gasteiger partial charge in [0.05, 0.1) is 6.54 Å². The van der Waals surface area contributed by atoms with Crippen LogP contribution >= 0.6 is 12.4 Å². The summed E-state index contributed by atoms with van der Waals surface area (Å²) in [5.74, 6) is 1.35. The van der Waals surface area contributed by atoms with Gasteiger partial charge >= 0.3 is 6.01 Å². The molecule has 0 unspecified atom stereocenters. The first-order chi connectivity index (χ1) is 8.38. The predicted octanol–water partition coefficient (Wildman–Crippen LogP) is 2.72. The van der Waals surface area contributed by atoms with Crippen molar-refractivity contribution >= 4 is 18.4 Å². The van der Waals surface area contributed by atoms with Crippen LogP contribution in [0.2, 0.25) is 0 Å². The van der Waals surface area contributed by atoms with Gasteiger partial charge in [0.2, 0.25) is 5.89 Å². The van der Waals surface area contributed by atoms with Crippen molar-refractivity contribution in [1.82, 2.24) is 10.2 Å². The lowest BCUT2D eigenvalue weighted by atomic mass is 9.97. The second-order valence-corrected chi connectivity index (χ2v) is 4.78. The van der Waals surface area contributed by atoms with Crippen LogP contribution in [0, 0.1) is 5.92 Å². The van der Waals surface area contributed by atoms with E-state index in [9.17, 15) is 0 Å². The Kier molecular flexibility index (Phi) is 7.05. The molecule has 1 aromatic heterocycles. The minimum absolute atomic E-state index is 0. The zero-order valence-electron chi connectivity index (χ0n) is 10.7. The average Bonchev–Trinajstić information content (AvgIpc) is 2.65. The molecular weight excluding hydrogens is 252 g/mol. The molecule has 18 heavy (non-hydrogen) atoms. The number of nitrogens with two attached hydrogens (primary N) is 1. The molecule has 2 rings (SSSR count). The van der Waals surface area contributed by atoms with E-state index in [4.69, 9.17) is 10.2 Å². The number of rotatable bonds is 5. The number of nitrogens with zero attached hydrogens (tertiary/aromatic N) is 2. The van der Waals surface area contributed by atoms with Crippen LogP contribution in [0.1, 0.15) is 50.8 Å². The van der Waals surface area contributed by atoms with E-state index >= 15 is 0 Å². The second-order valence-electron chi connectivity index (χ2n) is 4.78. The van der Waals surface area contributed by atoms with Gasteiger partial charge in [-0.3, -0.25) is 0 Å². The minimum atomic E-state index is 0. The molecule has 0 saturated heterocycles. The summed E-state index contributed by atoms with van der Waals surface area (Å²) in [6.07, 6.45) is 9.55. The van der Waals surface area contributed by atoms with E-state index in [1.807, 2.05) is 0 Å². The standard InChI is InChI=1S/C12H22N4O.ClH/c13-9-11-15-16-12(17-11)14-8-7-10-5-3-1-2-4-6-10;/h10H,1-9,13H2,(H,14,16);1H. The van der Waals surface area contributed by atoms with Gasteiger partial charge in [-0.25, -0.2) is 0 Å². The fourth-order valence-corrected chi connectivity index (χ4v) is 2.44. The molecule has 1 heterocycles. The summed E-state index contributed by atoms with van der Waals surface area (Å²) >= 11 is 0. The van der Waals surface area contributed by atoms with Gasteiger partial charge in [-0.1, -0.05) is 43.6 Å². The highest BCUT2D eigenvalue weighted by molar-refractivity contribution is 5.85. The third-order valence-corrected chi connectivity index (χ3v) is 3.45. The molecule has 0 atom stereocenters. The summed E-state index contributed by atoms with van der Waals surface area (Å²) < 4.78 is 5.29. The first kappa shape index (κ1) is 15.2. The number of hydrogen-bond donors (Lipinski definition) is 2. The van der Waals surface area contributed by atoms with Crippen LogP contribution in [0.5, 0.6) is 0 Å². The Hall–Kier alpha value is -0.810. The van der Waals surface area contributed by atoms with Gasteiger partial charge in [-0.15, -0.1) is 17.5 Å². The fourth-order valence-electron chi connectivity index (χ4n) is 2.44. The number of anilines is 1. The molecule has 1 aromatic rings. The second kappa shape index (κ2) is 8.32. The smallest absolute Gasteiger partial charge is 0.315 e. The van der Waals surface area contributed by atoms with Crippen LogP contribution in [-0.4, -0.2) is 16.7 Å². The van der Waals surface area contributed by atoms with Gasteiger partial charge in [0.25, 0.3) is 0 Å².